The number of hydrogen-bond acceptors (Lipinski definition) is 3. The van der Waals surface area contributed by atoms with Crippen molar-refractivity contribution in [1.29, 1.82) is 0 Å². The average molecular weight is 344 g/mol. The number of carbonyl (C=O) groups is 1. The molecule has 1 atom stereocenters. The van der Waals surface area contributed by atoms with Gasteiger partial charge in [-0.15, -0.1) is 10.2 Å². The van der Waals surface area contributed by atoms with Crippen LogP contribution in [0.1, 0.15) is 57.2 Å². The molecule has 25 heavy (non-hydrogen) atoms. The van der Waals surface area contributed by atoms with Crippen molar-refractivity contribution in [3.63, 3.8) is 0 Å². The van der Waals surface area contributed by atoms with Crippen molar-refractivity contribution in [1.82, 2.24) is 20.1 Å². The van der Waals surface area contributed by atoms with E-state index in [1.54, 1.807) is 12.1 Å². The predicted molar refractivity (Wildman–Crippen MR) is 93.8 cm³/mol. The molecular weight excluding hydrogens is 319 g/mol. The summed E-state index contributed by atoms with van der Waals surface area (Å²) in [5.74, 6) is 1.91. The molecule has 1 aliphatic heterocycles. The number of benzene rings is 1. The molecule has 134 valence electrons. The summed E-state index contributed by atoms with van der Waals surface area (Å²) in [6.45, 7) is 8.61. The third-order valence-corrected chi connectivity index (χ3v) is 4.96. The number of carbonyl (C=O) groups excluding carboxylic acids is 1. The maximum atomic E-state index is 13.1. The highest BCUT2D eigenvalue weighted by Crippen LogP contribution is 2.25. The lowest BCUT2D eigenvalue weighted by Gasteiger charge is -2.30. The fourth-order valence-corrected chi connectivity index (χ4v) is 3.26. The Kier molecular flexibility index (Phi) is 4.62. The Morgan fingerprint density at radius 1 is 1.28 bits per heavy atom. The molecule has 1 unspecified atom stereocenters. The number of fused-ring (bicyclic) bond motifs is 1. The summed E-state index contributed by atoms with van der Waals surface area (Å²) in [6.07, 6.45) is 1.66. The monoisotopic (exact) mass is 344 g/mol. The molecule has 0 aliphatic carbocycles. The van der Waals surface area contributed by atoms with Gasteiger partial charge in [-0.25, -0.2) is 4.39 Å². The summed E-state index contributed by atoms with van der Waals surface area (Å²) in [5, 5.41) is 11.7. The van der Waals surface area contributed by atoms with Gasteiger partial charge in [0, 0.05) is 24.9 Å². The molecule has 5 nitrogen and oxygen atoms in total. The molecule has 2 aromatic rings. The zero-order valence-electron chi connectivity index (χ0n) is 15.2. The van der Waals surface area contributed by atoms with Crippen molar-refractivity contribution >= 4 is 5.91 Å². The van der Waals surface area contributed by atoms with Gasteiger partial charge in [0.05, 0.1) is 5.41 Å². The molecule has 0 spiro atoms. The fourth-order valence-electron chi connectivity index (χ4n) is 3.26. The van der Waals surface area contributed by atoms with Crippen molar-refractivity contribution in [3.05, 3.63) is 47.3 Å². The summed E-state index contributed by atoms with van der Waals surface area (Å²) < 4.78 is 15.3. The van der Waals surface area contributed by atoms with Crippen LogP contribution in [0.2, 0.25) is 0 Å². The first-order chi connectivity index (χ1) is 11.8. The lowest BCUT2D eigenvalue weighted by molar-refractivity contribution is -0.126. The van der Waals surface area contributed by atoms with Crippen LogP contribution in [0.15, 0.2) is 24.3 Å². The largest absolute Gasteiger partial charge is 0.351 e. The van der Waals surface area contributed by atoms with E-state index in [1.165, 1.54) is 12.1 Å². The quantitative estimate of drug-likeness (QED) is 0.928. The number of aryl methyl sites for hydroxylation is 1. The maximum absolute atomic E-state index is 13.1. The molecule has 1 aromatic heterocycles. The fraction of sp³-hybridized carbons (Fsp3) is 0.526. The lowest BCUT2D eigenvalue weighted by atomic mass is 9.83. The first-order valence-corrected chi connectivity index (χ1v) is 8.78. The minimum Gasteiger partial charge on any atom is -0.351 e. The van der Waals surface area contributed by atoms with Crippen molar-refractivity contribution in [2.45, 2.75) is 64.5 Å². The maximum Gasteiger partial charge on any atom is 0.230 e. The number of aromatic nitrogens is 3. The number of halogens is 1. The van der Waals surface area contributed by atoms with Crippen molar-refractivity contribution < 1.29 is 9.18 Å². The Balaban J connectivity index is 1.73. The molecular formula is C19H25FN4O. The number of amides is 1. The highest BCUT2D eigenvalue weighted by atomic mass is 19.1. The van der Waals surface area contributed by atoms with Crippen LogP contribution in [0.5, 0.6) is 0 Å². The Morgan fingerprint density at radius 2 is 1.96 bits per heavy atom. The molecule has 0 radical (unpaired) electrons. The number of nitrogens with zero attached hydrogens (tertiary/aromatic N) is 3. The molecule has 0 saturated carbocycles. The van der Waals surface area contributed by atoms with Gasteiger partial charge in [-0.05, 0) is 38.0 Å². The molecule has 6 heteroatoms. The Labute approximate surface area is 147 Å². The van der Waals surface area contributed by atoms with E-state index in [1.807, 2.05) is 13.8 Å². The molecule has 0 fully saturated rings. The first kappa shape index (κ1) is 17.6. The van der Waals surface area contributed by atoms with Gasteiger partial charge in [-0.2, -0.15) is 0 Å². The second-order valence-corrected chi connectivity index (χ2v) is 7.58. The second kappa shape index (κ2) is 6.58. The molecule has 3 rings (SSSR count). The minimum absolute atomic E-state index is 0.0493. The number of hydrogen-bond donors (Lipinski definition) is 1. The minimum atomic E-state index is -0.720. The van der Waals surface area contributed by atoms with Crippen LogP contribution in [-0.2, 0) is 23.2 Å². The Bertz CT molecular complexity index is 764. The van der Waals surface area contributed by atoms with E-state index in [0.29, 0.717) is 12.5 Å². The summed E-state index contributed by atoms with van der Waals surface area (Å²) in [7, 11) is 0. The Hall–Kier alpha value is -2.24. The number of nitrogens with one attached hydrogen (secondary N) is 1. The van der Waals surface area contributed by atoms with Crippen LogP contribution in [0.25, 0.3) is 0 Å². The topological polar surface area (TPSA) is 59.8 Å². The SMILES string of the molecule is CC(C)c1nnc2n1CC(NC(=O)C(C)(C)c1ccc(F)cc1)CC2. The summed E-state index contributed by atoms with van der Waals surface area (Å²) >= 11 is 0. The lowest BCUT2D eigenvalue weighted by Crippen LogP contribution is -2.48. The highest BCUT2D eigenvalue weighted by molar-refractivity contribution is 5.87. The zero-order valence-corrected chi connectivity index (χ0v) is 15.2. The van der Waals surface area contributed by atoms with E-state index in [-0.39, 0.29) is 17.8 Å². The van der Waals surface area contributed by atoms with Crippen LogP contribution in [-0.4, -0.2) is 26.7 Å². The summed E-state index contributed by atoms with van der Waals surface area (Å²) in [4.78, 5) is 12.8. The normalized spacial score (nSPS) is 17.4. The molecule has 1 N–H and O–H groups in total. The summed E-state index contributed by atoms with van der Waals surface area (Å²) in [6, 6.07) is 6.18. The van der Waals surface area contributed by atoms with E-state index in [4.69, 9.17) is 0 Å². The van der Waals surface area contributed by atoms with Gasteiger partial charge < -0.3 is 9.88 Å². The van der Waals surface area contributed by atoms with Crippen molar-refractivity contribution in [3.8, 4) is 0 Å². The van der Waals surface area contributed by atoms with Gasteiger partial charge in [0.2, 0.25) is 5.91 Å². The van der Waals surface area contributed by atoms with Crippen LogP contribution < -0.4 is 5.32 Å². The third kappa shape index (κ3) is 3.43. The molecule has 1 aromatic carbocycles. The molecule has 0 saturated heterocycles. The van der Waals surface area contributed by atoms with Crippen molar-refractivity contribution in [2.75, 3.05) is 0 Å². The second-order valence-electron chi connectivity index (χ2n) is 7.58. The number of rotatable bonds is 4. The zero-order chi connectivity index (χ0) is 18.2. The smallest absolute Gasteiger partial charge is 0.230 e. The predicted octanol–water partition coefficient (Wildman–Crippen LogP) is 2.95. The molecule has 1 aliphatic rings. The van der Waals surface area contributed by atoms with Crippen molar-refractivity contribution in [2.24, 2.45) is 0 Å². The van der Waals surface area contributed by atoms with Crippen LogP contribution in [0.4, 0.5) is 4.39 Å². The average Bonchev–Trinajstić information content (AvgIpc) is 2.98. The van der Waals surface area contributed by atoms with E-state index in [2.05, 4.69) is 33.9 Å². The van der Waals surface area contributed by atoms with Gasteiger partial charge in [-0.1, -0.05) is 26.0 Å². The first-order valence-electron chi connectivity index (χ1n) is 8.78. The van der Waals surface area contributed by atoms with Gasteiger partial charge in [0.15, 0.2) is 0 Å². The van der Waals surface area contributed by atoms with Gasteiger partial charge >= 0.3 is 0 Å². The van der Waals surface area contributed by atoms with Gasteiger partial charge in [0.25, 0.3) is 0 Å². The van der Waals surface area contributed by atoms with E-state index < -0.39 is 5.41 Å². The third-order valence-electron chi connectivity index (χ3n) is 4.96. The summed E-state index contributed by atoms with van der Waals surface area (Å²) in [5.41, 5.74) is 0.0808. The standard InChI is InChI=1S/C19H25FN4O/c1-12(2)17-23-22-16-10-9-15(11-24(16)17)21-18(25)19(3,4)13-5-7-14(20)8-6-13/h5-8,12,15H,9-11H2,1-4H3,(H,21,25). The molecule has 0 bridgehead atoms. The Morgan fingerprint density at radius 3 is 2.60 bits per heavy atom. The molecule has 2 heterocycles. The van der Waals surface area contributed by atoms with Crippen LogP contribution in [0, 0.1) is 5.82 Å². The van der Waals surface area contributed by atoms with Gasteiger partial charge in [-0.3, -0.25) is 4.79 Å². The highest BCUT2D eigenvalue weighted by Gasteiger charge is 2.33. The van der Waals surface area contributed by atoms with Gasteiger partial charge in [0.1, 0.15) is 17.5 Å². The van der Waals surface area contributed by atoms with E-state index in [0.717, 1.165) is 30.1 Å². The van der Waals surface area contributed by atoms with E-state index >= 15 is 0 Å². The molecule has 1 amide bonds. The van der Waals surface area contributed by atoms with E-state index in [9.17, 15) is 9.18 Å². The van der Waals surface area contributed by atoms with Crippen LogP contribution >= 0.6 is 0 Å². The van der Waals surface area contributed by atoms with Crippen LogP contribution in [0.3, 0.4) is 0 Å².